The van der Waals surface area contributed by atoms with Crippen LogP contribution in [0, 0.1) is 12.8 Å². The van der Waals surface area contributed by atoms with Gasteiger partial charge in [0, 0.05) is 44.1 Å². The average Bonchev–Trinajstić information content (AvgIpc) is 3.11. The van der Waals surface area contributed by atoms with Crippen LogP contribution in [0.25, 0.3) is 5.65 Å². The number of imidazole rings is 1. The molecule has 8 heteroatoms. The lowest BCUT2D eigenvalue weighted by Gasteiger charge is -2.37. The van der Waals surface area contributed by atoms with E-state index < -0.39 is 0 Å². The van der Waals surface area contributed by atoms with E-state index in [2.05, 4.69) is 64.9 Å². The molecule has 1 atom stereocenters. The van der Waals surface area contributed by atoms with Gasteiger partial charge in [0.25, 0.3) is 0 Å². The van der Waals surface area contributed by atoms with Crippen LogP contribution in [0.15, 0.2) is 29.4 Å². The number of aromatic nitrogens is 2. The third-order valence-electron chi connectivity index (χ3n) is 5.25. The second-order valence-corrected chi connectivity index (χ2v) is 7.66. The van der Waals surface area contributed by atoms with E-state index in [1.54, 1.807) is 0 Å². The van der Waals surface area contributed by atoms with E-state index in [1.165, 1.54) is 5.69 Å². The number of aliphatic imine (C=N–C) groups is 1. The molecule has 0 bridgehead atoms. The number of aryl methyl sites for hydroxylation is 1. The molecule has 29 heavy (non-hydrogen) atoms. The fourth-order valence-corrected chi connectivity index (χ4v) is 3.67. The van der Waals surface area contributed by atoms with Gasteiger partial charge in [-0.15, -0.1) is 24.0 Å². The van der Waals surface area contributed by atoms with E-state index >= 15 is 0 Å². The van der Waals surface area contributed by atoms with Gasteiger partial charge in [0.15, 0.2) is 5.96 Å². The molecular weight excluding hydrogens is 479 g/mol. The lowest BCUT2D eigenvalue weighted by molar-refractivity contribution is 0.00752. The number of fused-ring (bicyclic) bond motifs is 1. The summed E-state index contributed by atoms with van der Waals surface area (Å²) in [5.74, 6) is 1.41. The lowest BCUT2D eigenvalue weighted by atomic mass is 10.0. The van der Waals surface area contributed by atoms with Crippen LogP contribution in [0.3, 0.4) is 0 Å². The van der Waals surface area contributed by atoms with Crippen molar-refractivity contribution in [2.45, 2.75) is 40.3 Å². The van der Waals surface area contributed by atoms with Crippen molar-refractivity contribution in [1.82, 2.24) is 24.9 Å². The number of nitrogens with zero attached hydrogens (tertiary/aromatic N) is 4. The topological polar surface area (TPSA) is 66.2 Å². The first-order valence-electron chi connectivity index (χ1n) is 10.4. The van der Waals surface area contributed by atoms with Crippen molar-refractivity contribution in [1.29, 1.82) is 0 Å². The Labute approximate surface area is 191 Å². The number of hydrogen-bond acceptors (Lipinski definition) is 4. The zero-order chi connectivity index (χ0) is 19.9. The first-order chi connectivity index (χ1) is 13.6. The van der Waals surface area contributed by atoms with Gasteiger partial charge in [-0.25, -0.2) is 9.98 Å². The number of ether oxygens (including phenoxy) is 1. The summed E-state index contributed by atoms with van der Waals surface area (Å²) in [6.07, 6.45) is 2.07. The number of nitrogens with one attached hydrogen (secondary N) is 2. The minimum Gasteiger partial charge on any atom is -0.379 e. The maximum Gasteiger partial charge on any atom is 0.191 e. The number of guanidine groups is 1. The molecular formula is C21H35IN6O. The predicted octanol–water partition coefficient (Wildman–Crippen LogP) is 2.67. The number of morpholine rings is 1. The highest BCUT2D eigenvalue weighted by molar-refractivity contribution is 14.0. The zero-order valence-electron chi connectivity index (χ0n) is 18.0. The Morgan fingerprint density at radius 1 is 1.24 bits per heavy atom. The van der Waals surface area contributed by atoms with Crippen LogP contribution in [0.4, 0.5) is 0 Å². The summed E-state index contributed by atoms with van der Waals surface area (Å²) >= 11 is 0. The van der Waals surface area contributed by atoms with Gasteiger partial charge in [-0.1, -0.05) is 19.9 Å². The first-order valence-corrected chi connectivity index (χ1v) is 10.4. The molecule has 1 unspecified atom stereocenters. The quantitative estimate of drug-likeness (QED) is 0.338. The van der Waals surface area contributed by atoms with E-state index in [4.69, 9.17) is 9.73 Å². The molecule has 2 aromatic heterocycles. The maximum atomic E-state index is 5.51. The molecule has 1 aliphatic heterocycles. The monoisotopic (exact) mass is 514 g/mol. The van der Waals surface area contributed by atoms with Gasteiger partial charge in [0.1, 0.15) is 5.65 Å². The summed E-state index contributed by atoms with van der Waals surface area (Å²) in [6, 6.07) is 6.61. The molecule has 0 amide bonds. The molecule has 2 N–H and O–H groups in total. The van der Waals surface area contributed by atoms with Crippen LogP contribution in [0.2, 0.25) is 0 Å². The first kappa shape index (κ1) is 23.9. The molecule has 162 valence electrons. The van der Waals surface area contributed by atoms with Crippen LogP contribution < -0.4 is 10.6 Å². The second kappa shape index (κ2) is 11.7. The largest absolute Gasteiger partial charge is 0.379 e. The minimum atomic E-state index is 0. The smallest absolute Gasteiger partial charge is 0.191 e. The van der Waals surface area contributed by atoms with Crippen molar-refractivity contribution in [3.63, 3.8) is 0 Å². The van der Waals surface area contributed by atoms with Gasteiger partial charge >= 0.3 is 0 Å². The predicted molar refractivity (Wildman–Crippen MR) is 129 cm³/mol. The van der Waals surface area contributed by atoms with E-state index in [0.29, 0.717) is 18.5 Å². The summed E-state index contributed by atoms with van der Waals surface area (Å²) in [5.41, 5.74) is 3.12. The molecule has 3 rings (SSSR count). The highest BCUT2D eigenvalue weighted by atomic mass is 127. The van der Waals surface area contributed by atoms with Crippen molar-refractivity contribution < 1.29 is 4.74 Å². The SMILES string of the molecule is CCNC(=NCc1cn2c(C)cccc2n1)NCC(C(C)C)N1CCOCC1.I. The van der Waals surface area contributed by atoms with Gasteiger partial charge in [-0.3, -0.25) is 4.90 Å². The number of hydrogen-bond donors (Lipinski definition) is 2. The molecule has 2 aromatic rings. The Morgan fingerprint density at radius 2 is 2.00 bits per heavy atom. The minimum absolute atomic E-state index is 0. The van der Waals surface area contributed by atoms with E-state index in [9.17, 15) is 0 Å². The lowest BCUT2D eigenvalue weighted by Crippen LogP contribution is -2.52. The summed E-state index contributed by atoms with van der Waals surface area (Å²) in [6.45, 7) is 14.6. The molecule has 1 fully saturated rings. The normalized spacial score (nSPS) is 16.7. The maximum absolute atomic E-state index is 5.51. The standard InChI is InChI=1S/C21H34N6O.HI/c1-5-22-21(24-14-19(16(2)3)26-9-11-28-12-10-26)23-13-18-15-27-17(4)7-6-8-20(27)25-18;/h6-8,15-16,19H,5,9-14H2,1-4H3,(H2,22,23,24);1H. The Morgan fingerprint density at radius 3 is 2.66 bits per heavy atom. The van der Waals surface area contributed by atoms with Crippen molar-refractivity contribution >= 4 is 35.6 Å². The average molecular weight is 514 g/mol. The third-order valence-corrected chi connectivity index (χ3v) is 5.25. The van der Waals surface area contributed by atoms with Crippen LogP contribution in [0.5, 0.6) is 0 Å². The fourth-order valence-electron chi connectivity index (χ4n) is 3.67. The second-order valence-electron chi connectivity index (χ2n) is 7.66. The Bertz CT molecular complexity index is 785. The molecule has 1 saturated heterocycles. The Balaban J connectivity index is 0.00000300. The van der Waals surface area contributed by atoms with E-state index in [0.717, 1.165) is 56.7 Å². The number of pyridine rings is 1. The Kier molecular flexibility index (Phi) is 9.64. The zero-order valence-corrected chi connectivity index (χ0v) is 20.3. The van der Waals surface area contributed by atoms with Crippen LogP contribution in [0.1, 0.15) is 32.2 Å². The molecule has 0 saturated carbocycles. The molecule has 3 heterocycles. The molecule has 0 spiro atoms. The fraction of sp³-hybridized carbons (Fsp3) is 0.619. The van der Waals surface area contributed by atoms with Crippen molar-refractivity contribution in [3.05, 3.63) is 35.8 Å². The van der Waals surface area contributed by atoms with Crippen LogP contribution in [-0.2, 0) is 11.3 Å². The number of rotatable bonds is 7. The summed E-state index contributed by atoms with van der Waals surface area (Å²) < 4.78 is 7.62. The molecule has 1 aliphatic rings. The Hall–Kier alpha value is -1.39. The molecule has 0 aromatic carbocycles. The van der Waals surface area contributed by atoms with Crippen LogP contribution >= 0.6 is 24.0 Å². The highest BCUT2D eigenvalue weighted by Crippen LogP contribution is 2.12. The summed E-state index contributed by atoms with van der Waals surface area (Å²) in [5, 5.41) is 6.89. The van der Waals surface area contributed by atoms with Gasteiger partial charge in [-0.05, 0) is 31.9 Å². The third kappa shape index (κ3) is 6.55. The van der Waals surface area contributed by atoms with Gasteiger partial charge in [0.2, 0.25) is 0 Å². The van der Waals surface area contributed by atoms with Crippen molar-refractivity contribution in [2.75, 3.05) is 39.4 Å². The van der Waals surface area contributed by atoms with Gasteiger partial charge < -0.3 is 19.8 Å². The van der Waals surface area contributed by atoms with Crippen molar-refractivity contribution in [2.24, 2.45) is 10.9 Å². The number of halogens is 1. The van der Waals surface area contributed by atoms with Gasteiger partial charge in [-0.2, -0.15) is 0 Å². The highest BCUT2D eigenvalue weighted by Gasteiger charge is 2.23. The summed E-state index contributed by atoms with van der Waals surface area (Å²) in [7, 11) is 0. The van der Waals surface area contributed by atoms with E-state index in [1.807, 2.05) is 12.1 Å². The molecule has 0 radical (unpaired) electrons. The molecule has 0 aliphatic carbocycles. The van der Waals surface area contributed by atoms with Gasteiger partial charge in [0.05, 0.1) is 25.5 Å². The van der Waals surface area contributed by atoms with Crippen molar-refractivity contribution in [3.8, 4) is 0 Å². The summed E-state index contributed by atoms with van der Waals surface area (Å²) in [4.78, 5) is 12.0. The van der Waals surface area contributed by atoms with Crippen LogP contribution in [-0.4, -0.2) is 65.7 Å². The molecule has 7 nitrogen and oxygen atoms in total. The van der Waals surface area contributed by atoms with E-state index in [-0.39, 0.29) is 24.0 Å².